The van der Waals surface area contributed by atoms with Gasteiger partial charge in [0.25, 0.3) is 0 Å². The summed E-state index contributed by atoms with van der Waals surface area (Å²) in [6.45, 7) is 0. The fourth-order valence-corrected chi connectivity index (χ4v) is 4.66. The third kappa shape index (κ3) is 4.60. The molecule has 0 saturated heterocycles. The summed E-state index contributed by atoms with van der Waals surface area (Å²) in [6, 6.07) is 13.8. The van der Waals surface area contributed by atoms with Gasteiger partial charge in [0, 0.05) is 21.8 Å². The highest BCUT2D eigenvalue weighted by molar-refractivity contribution is 7.91. The highest BCUT2D eigenvalue weighted by Crippen LogP contribution is 2.24. The van der Waals surface area contributed by atoms with Gasteiger partial charge in [0.15, 0.2) is 9.84 Å². The number of rotatable bonds is 6. The van der Waals surface area contributed by atoms with E-state index < -0.39 is 9.84 Å². The van der Waals surface area contributed by atoms with E-state index in [1.807, 2.05) is 29.6 Å². The lowest BCUT2D eigenvalue weighted by Gasteiger charge is -2.07. The van der Waals surface area contributed by atoms with Crippen LogP contribution >= 0.6 is 22.9 Å². The molecule has 25 heavy (non-hydrogen) atoms. The van der Waals surface area contributed by atoms with Crippen molar-refractivity contribution in [1.29, 1.82) is 0 Å². The molecule has 130 valence electrons. The SMILES string of the molecule is O=C(CCCS(=O)(=O)c1ccc(Cl)cc1)Nc1ccc2sccc2c1. The first-order valence-corrected chi connectivity index (χ1v) is 10.6. The average molecular weight is 394 g/mol. The van der Waals surface area contributed by atoms with E-state index in [1.165, 1.54) is 12.1 Å². The zero-order valence-corrected chi connectivity index (χ0v) is 15.6. The number of carbonyl (C=O) groups is 1. The monoisotopic (exact) mass is 393 g/mol. The molecule has 4 nitrogen and oxygen atoms in total. The molecule has 3 aromatic rings. The zero-order chi connectivity index (χ0) is 17.9. The van der Waals surface area contributed by atoms with Crippen molar-refractivity contribution in [3.8, 4) is 0 Å². The van der Waals surface area contributed by atoms with Crippen LogP contribution < -0.4 is 5.32 Å². The molecule has 1 heterocycles. The van der Waals surface area contributed by atoms with Crippen LogP contribution in [0, 0.1) is 0 Å². The molecule has 0 atom stereocenters. The molecule has 1 N–H and O–H groups in total. The van der Waals surface area contributed by atoms with Crippen LogP contribution in [0.25, 0.3) is 10.1 Å². The summed E-state index contributed by atoms with van der Waals surface area (Å²) in [5.74, 6) is -0.271. The van der Waals surface area contributed by atoms with Crippen LogP contribution in [0.2, 0.25) is 5.02 Å². The molecule has 0 aliphatic rings. The van der Waals surface area contributed by atoms with E-state index >= 15 is 0 Å². The molecule has 0 unspecified atom stereocenters. The maximum absolute atomic E-state index is 12.2. The molecule has 0 saturated carbocycles. The molecule has 0 fully saturated rings. The predicted octanol–water partition coefficient (Wildman–Crippen LogP) is 4.75. The van der Waals surface area contributed by atoms with Gasteiger partial charge < -0.3 is 5.32 Å². The van der Waals surface area contributed by atoms with Gasteiger partial charge in [0.05, 0.1) is 10.6 Å². The maximum Gasteiger partial charge on any atom is 0.224 e. The van der Waals surface area contributed by atoms with Crippen LogP contribution in [0.4, 0.5) is 5.69 Å². The van der Waals surface area contributed by atoms with Crippen LogP contribution in [0.3, 0.4) is 0 Å². The average Bonchev–Trinajstić information content (AvgIpc) is 3.02. The van der Waals surface area contributed by atoms with Crippen LogP contribution in [0.1, 0.15) is 12.8 Å². The normalized spacial score (nSPS) is 11.6. The van der Waals surface area contributed by atoms with Gasteiger partial charge in [0.2, 0.25) is 5.91 Å². The number of carbonyl (C=O) groups excluding carboxylic acids is 1. The number of halogens is 1. The Bertz CT molecular complexity index is 995. The topological polar surface area (TPSA) is 63.2 Å². The standard InChI is InChI=1S/C18H16ClNO3S2/c19-14-3-6-16(7-4-14)25(22,23)11-1-2-18(21)20-15-5-8-17-13(12-15)9-10-24-17/h3-10,12H,1-2,11H2,(H,20,21). The van der Waals surface area contributed by atoms with E-state index in [9.17, 15) is 13.2 Å². The molecule has 1 amide bonds. The summed E-state index contributed by atoms with van der Waals surface area (Å²) in [4.78, 5) is 12.3. The second-order valence-corrected chi connectivity index (χ2v) is 9.09. The molecule has 2 aromatic carbocycles. The molecule has 0 aliphatic carbocycles. The van der Waals surface area contributed by atoms with Gasteiger partial charge in [-0.2, -0.15) is 0 Å². The summed E-state index contributed by atoms with van der Waals surface area (Å²) in [6.07, 6.45) is 0.409. The zero-order valence-electron chi connectivity index (χ0n) is 13.2. The van der Waals surface area contributed by atoms with Crippen LogP contribution in [0.5, 0.6) is 0 Å². The van der Waals surface area contributed by atoms with Gasteiger partial charge in [-0.25, -0.2) is 8.42 Å². The largest absolute Gasteiger partial charge is 0.326 e. The van der Waals surface area contributed by atoms with Crippen molar-refractivity contribution in [2.75, 3.05) is 11.1 Å². The Morgan fingerprint density at radius 2 is 1.84 bits per heavy atom. The molecule has 7 heteroatoms. The summed E-state index contributed by atoms with van der Waals surface area (Å²) >= 11 is 7.41. The number of thiophene rings is 1. The van der Waals surface area contributed by atoms with Crippen molar-refractivity contribution in [2.24, 2.45) is 0 Å². The second kappa shape index (κ2) is 7.56. The molecular formula is C18H16ClNO3S2. The quantitative estimate of drug-likeness (QED) is 0.657. The Balaban J connectivity index is 1.54. The fourth-order valence-electron chi connectivity index (χ4n) is 2.45. The van der Waals surface area contributed by atoms with E-state index in [2.05, 4.69) is 5.32 Å². The first-order chi connectivity index (χ1) is 11.9. The number of fused-ring (bicyclic) bond motifs is 1. The minimum absolute atomic E-state index is 0.0778. The minimum Gasteiger partial charge on any atom is -0.326 e. The Morgan fingerprint density at radius 3 is 2.60 bits per heavy atom. The van der Waals surface area contributed by atoms with E-state index in [4.69, 9.17) is 11.6 Å². The summed E-state index contributed by atoms with van der Waals surface area (Å²) in [7, 11) is -3.40. The lowest BCUT2D eigenvalue weighted by Crippen LogP contribution is -2.14. The molecule has 0 spiro atoms. The van der Waals surface area contributed by atoms with Crippen LogP contribution in [-0.4, -0.2) is 20.1 Å². The molecular weight excluding hydrogens is 378 g/mol. The summed E-state index contributed by atoms with van der Waals surface area (Å²) in [5, 5.41) is 6.37. The van der Waals surface area contributed by atoms with Crippen LogP contribution in [-0.2, 0) is 14.6 Å². The number of amides is 1. The van der Waals surface area contributed by atoms with E-state index in [-0.39, 0.29) is 29.4 Å². The van der Waals surface area contributed by atoms with Crippen molar-refractivity contribution in [3.05, 3.63) is 58.9 Å². The number of benzene rings is 2. The van der Waals surface area contributed by atoms with E-state index in [0.29, 0.717) is 5.02 Å². The lowest BCUT2D eigenvalue weighted by atomic mass is 10.2. The Morgan fingerprint density at radius 1 is 1.08 bits per heavy atom. The number of hydrogen-bond donors (Lipinski definition) is 1. The molecule has 0 radical (unpaired) electrons. The van der Waals surface area contributed by atoms with Gasteiger partial charge >= 0.3 is 0 Å². The highest BCUT2D eigenvalue weighted by atomic mass is 35.5. The summed E-state index contributed by atoms with van der Waals surface area (Å²) in [5.41, 5.74) is 0.719. The first-order valence-electron chi connectivity index (χ1n) is 7.69. The first kappa shape index (κ1) is 17.9. The third-order valence-corrected chi connectivity index (χ3v) is 6.69. The minimum atomic E-state index is -3.40. The number of sulfone groups is 1. The van der Waals surface area contributed by atoms with Gasteiger partial charge in [-0.15, -0.1) is 11.3 Å². The van der Waals surface area contributed by atoms with Gasteiger partial charge in [-0.3, -0.25) is 4.79 Å². The number of anilines is 1. The van der Waals surface area contributed by atoms with E-state index in [0.717, 1.165) is 15.8 Å². The third-order valence-electron chi connectivity index (χ3n) is 3.73. The van der Waals surface area contributed by atoms with Gasteiger partial charge in [-0.05, 0) is 65.7 Å². The van der Waals surface area contributed by atoms with Crippen molar-refractivity contribution in [2.45, 2.75) is 17.7 Å². The number of hydrogen-bond acceptors (Lipinski definition) is 4. The van der Waals surface area contributed by atoms with Crippen molar-refractivity contribution >= 4 is 54.5 Å². The smallest absolute Gasteiger partial charge is 0.224 e. The van der Waals surface area contributed by atoms with Gasteiger partial charge in [0.1, 0.15) is 0 Å². The Hall–Kier alpha value is -1.89. The molecule has 0 aliphatic heterocycles. The second-order valence-electron chi connectivity index (χ2n) is 5.60. The van der Waals surface area contributed by atoms with E-state index in [1.54, 1.807) is 23.5 Å². The number of nitrogens with one attached hydrogen (secondary N) is 1. The highest BCUT2D eigenvalue weighted by Gasteiger charge is 2.15. The maximum atomic E-state index is 12.2. The summed E-state index contributed by atoms with van der Waals surface area (Å²) < 4.78 is 25.6. The Kier molecular flexibility index (Phi) is 5.42. The van der Waals surface area contributed by atoms with Gasteiger partial charge in [-0.1, -0.05) is 11.6 Å². The lowest BCUT2D eigenvalue weighted by molar-refractivity contribution is -0.116. The molecule has 1 aromatic heterocycles. The molecule has 0 bridgehead atoms. The Labute approximate surface area is 155 Å². The predicted molar refractivity (Wildman–Crippen MR) is 103 cm³/mol. The van der Waals surface area contributed by atoms with Crippen molar-refractivity contribution in [3.63, 3.8) is 0 Å². The van der Waals surface area contributed by atoms with Crippen LogP contribution in [0.15, 0.2) is 58.8 Å². The van der Waals surface area contributed by atoms with Crippen molar-refractivity contribution < 1.29 is 13.2 Å². The van der Waals surface area contributed by atoms with Crippen molar-refractivity contribution in [1.82, 2.24) is 0 Å². The fraction of sp³-hybridized carbons (Fsp3) is 0.167. The molecule has 3 rings (SSSR count).